The van der Waals surface area contributed by atoms with Gasteiger partial charge in [0.2, 0.25) is 5.78 Å². The molecule has 0 amide bonds. The van der Waals surface area contributed by atoms with Crippen molar-refractivity contribution in [2.45, 2.75) is 44.5 Å². The van der Waals surface area contributed by atoms with Crippen LogP contribution in [0.4, 0.5) is 5.82 Å². The Balaban J connectivity index is 1.49. The number of ketones is 1. The second-order valence-electron chi connectivity index (χ2n) is 7.89. The van der Waals surface area contributed by atoms with Crippen molar-refractivity contribution < 1.29 is 22.5 Å². The van der Waals surface area contributed by atoms with E-state index in [0.717, 1.165) is 21.1 Å². The van der Waals surface area contributed by atoms with E-state index in [-0.39, 0.29) is 18.2 Å². The lowest BCUT2D eigenvalue weighted by atomic mass is 10.1. The van der Waals surface area contributed by atoms with Gasteiger partial charge in [-0.25, -0.2) is 9.97 Å². The highest BCUT2D eigenvalue weighted by molar-refractivity contribution is 14.1. The Morgan fingerprint density at radius 1 is 1.38 bits per heavy atom. The van der Waals surface area contributed by atoms with E-state index < -0.39 is 22.4 Å². The van der Waals surface area contributed by atoms with Crippen molar-refractivity contribution in [3.8, 4) is 0 Å². The maximum absolute atomic E-state index is 13.3. The van der Waals surface area contributed by atoms with Gasteiger partial charge in [0.05, 0.1) is 46.0 Å². The van der Waals surface area contributed by atoms with Gasteiger partial charge in [-0.1, -0.05) is 0 Å². The van der Waals surface area contributed by atoms with Gasteiger partial charge in [0.25, 0.3) is 0 Å². The van der Waals surface area contributed by atoms with E-state index in [1.165, 1.54) is 23.9 Å². The largest absolute Gasteiger partial charge is 0.391 e. The molecule has 0 bridgehead atoms. The number of nitrogens with zero attached hydrogens (tertiary/aromatic N) is 4. The van der Waals surface area contributed by atoms with E-state index in [1.807, 2.05) is 23.9 Å². The van der Waals surface area contributed by atoms with Crippen LogP contribution in [-0.2, 0) is 21.0 Å². The number of anilines is 1. The molecule has 1 saturated carbocycles. The van der Waals surface area contributed by atoms with E-state index in [9.17, 15) is 18.3 Å². The minimum atomic E-state index is -3.94. The summed E-state index contributed by atoms with van der Waals surface area (Å²) in [5.74, 6) is 0.120. The Kier molecular flexibility index (Phi) is 7.63. The van der Waals surface area contributed by atoms with Gasteiger partial charge in [-0.2, -0.15) is 18.2 Å². The second-order valence-corrected chi connectivity index (χ2v) is 11.9. The Labute approximate surface area is 214 Å². The molecule has 14 heteroatoms. The number of halogens is 1. The number of nitrogens with one attached hydrogen (secondary N) is 2. The highest BCUT2D eigenvalue weighted by atomic mass is 127. The first kappa shape index (κ1) is 25.1. The average Bonchev–Trinajstić information content (AvgIpc) is 3.47. The summed E-state index contributed by atoms with van der Waals surface area (Å²) in [5.41, 5.74) is 1.31. The molecule has 0 saturated heterocycles. The molecular formula is C20H23IN6O5S2. The number of aliphatic hydroxyl groups excluding tert-OH is 1. The molecule has 0 spiro atoms. The van der Waals surface area contributed by atoms with Gasteiger partial charge in [0.15, 0.2) is 0 Å². The van der Waals surface area contributed by atoms with Crippen LogP contribution in [0.25, 0.3) is 0 Å². The molecule has 0 aromatic carbocycles. The van der Waals surface area contributed by atoms with Crippen molar-refractivity contribution in [2.75, 3.05) is 12.4 Å². The number of aryl methyl sites for hydroxylation is 1. The van der Waals surface area contributed by atoms with E-state index >= 15 is 0 Å². The fraction of sp³-hybridized carbons (Fsp3) is 0.400. The summed E-state index contributed by atoms with van der Waals surface area (Å²) in [7, 11) is -2.89. The molecule has 3 aromatic rings. The van der Waals surface area contributed by atoms with Gasteiger partial charge >= 0.3 is 10.3 Å². The lowest BCUT2D eigenvalue weighted by Gasteiger charge is -2.16. The van der Waals surface area contributed by atoms with Crippen LogP contribution in [-0.4, -0.2) is 64.4 Å². The Morgan fingerprint density at radius 2 is 2.18 bits per heavy atom. The second kappa shape index (κ2) is 10.3. The van der Waals surface area contributed by atoms with E-state index in [1.54, 1.807) is 6.20 Å². The zero-order chi connectivity index (χ0) is 24.5. The van der Waals surface area contributed by atoms with Crippen LogP contribution < -0.4 is 10.0 Å². The molecule has 0 aliphatic heterocycles. The highest BCUT2D eigenvalue weighted by Crippen LogP contribution is 2.29. The summed E-state index contributed by atoms with van der Waals surface area (Å²) in [6, 6.07) is 0.850. The van der Waals surface area contributed by atoms with Crippen molar-refractivity contribution in [3.63, 3.8) is 0 Å². The first-order valence-electron chi connectivity index (χ1n) is 10.3. The number of rotatable bonds is 9. The van der Waals surface area contributed by atoms with Crippen molar-refractivity contribution in [1.29, 1.82) is 0 Å². The Bertz CT molecular complexity index is 1290. The number of hydrogen-bond donors (Lipinski definition) is 3. The van der Waals surface area contributed by atoms with Gasteiger partial charge in [-0.05, 0) is 54.0 Å². The predicted molar refractivity (Wildman–Crippen MR) is 134 cm³/mol. The summed E-state index contributed by atoms with van der Waals surface area (Å²) in [6.45, 7) is 2.53. The summed E-state index contributed by atoms with van der Waals surface area (Å²) >= 11 is 3.60. The molecule has 182 valence electrons. The third kappa shape index (κ3) is 5.80. The summed E-state index contributed by atoms with van der Waals surface area (Å²) in [4.78, 5) is 23.2. The Morgan fingerprint density at radius 3 is 2.88 bits per heavy atom. The number of carbonyl (C=O) groups excluding carboxylic acids is 1. The van der Waals surface area contributed by atoms with Crippen molar-refractivity contribution in [1.82, 2.24) is 24.5 Å². The molecule has 0 radical (unpaired) electrons. The minimum Gasteiger partial charge on any atom is -0.391 e. The van der Waals surface area contributed by atoms with Crippen molar-refractivity contribution in [2.24, 2.45) is 0 Å². The van der Waals surface area contributed by atoms with Crippen LogP contribution >= 0.6 is 33.9 Å². The molecule has 1 fully saturated rings. The molecule has 3 aromatic heterocycles. The molecule has 1 aliphatic carbocycles. The summed E-state index contributed by atoms with van der Waals surface area (Å²) < 4.78 is 32.9. The van der Waals surface area contributed by atoms with Crippen LogP contribution in [0.1, 0.15) is 38.5 Å². The third-order valence-electron chi connectivity index (χ3n) is 5.52. The van der Waals surface area contributed by atoms with E-state index in [4.69, 9.17) is 0 Å². The van der Waals surface area contributed by atoms with Gasteiger partial charge in [0, 0.05) is 23.3 Å². The van der Waals surface area contributed by atoms with Gasteiger partial charge in [-0.15, -0.1) is 11.3 Å². The molecule has 3 N–H and O–H groups in total. The summed E-state index contributed by atoms with van der Waals surface area (Å²) in [6.07, 6.45) is 6.17. The van der Waals surface area contributed by atoms with Gasteiger partial charge < -0.3 is 10.4 Å². The fourth-order valence-electron chi connectivity index (χ4n) is 3.82. The molecule has 0 unspecified atom stereocenters. The molecule has 3 atom stereocenters. The van der Waals surface area contributed by atoms with Crippen molar-refractivity contribution in [3.05, 3.63) is 55.4 Å². The van der Waals surface area contributed by atoms with Crippen LogP contribution in [0.15, 0.2) is 31.0 Å². The number of thiophene rings is 1. The zero-order valence-electron chi connectivity index (χ0n) is 18.3. The number of hydrogen-bond acceptors (Lipinski definition) is 10. The van der Waals surface area contributed by atoms with Gasteiger partial charge in [-0.3, -0.25) is 13.7 Å². The number of aromatic nitrogens is 4. The van der Waals surface area contributed by atoms with E-state index in [2.05, 4.69) is 51.9 Å². The monoisotopic (exact) mass is 618 g/mol. The maximum Gasteiger partial charge on any atom is 0.335 e. The first-order chi connectivity index (χ1) is 16.1. The molecule has 3 heterocycles. The molecule has 4 rings (SSSR count). The molecule has 34 heavy (non-hydrogen) atoms. The lowest BCUT2D eigenvalue weighted by Crippen LogP contribution is -2.40. The highest BCUT2D eigenvalue weighted by Gasteiger charge is 2.36. The quantitative estimate of drug-likeness (QED) is 0.241. The van der Waals surface area contributed by atoms with Crippen LogP contribution in [0, 0.1) is 10.5 Å². The lowest BCUT2D eigenvalue weighted by molar-refractivity contribution is 0.104. The van der Waals surface area contributed by atoms with Crippen molar-refractivity contribution >= 4 is 55.8 Å². The average molecular weight is 618 g/mol. The SMILES string of the molecule is COS(=O)(=O)N[C@@H]1C[C@@H](Nc2ncncc2C(=O)c2cc(Cn3cc(I)cn3)c(C)s2)C[C@@H]1O. The van der Waals surface area contributed by atoms with Crippen LogP contribution in [0.2, 0.25) is 0 Å². The molecular weight excluding hydrogens is 595 g/mol. The molecule has 11 nitrogen and oxygen atoms in total. The zero-order valence-corrected chi connectivity index (χ0v) is 22.1. The van der Waals surface area contributed by atoms with Gasteiger partial charge in [0.1, 0.15) is 12.1 Å². The number of carbonyl (C=O) groups is 1. The standard InChI is InChI=1S/C20H23IN6O5S2/c1-11-12(8-27-9-13(21)6-24-27)3-18(33-11)19(29)15-7-22-10-23-20(15)25-14-4-16(17(28)5-14)26-34(30,31)32-2/h3,6-7,9-10,14,16-17,26,28H,4-5,8H2,1-2H3,(H,22,23,25)/t14-,16-,17+/m1/s1. The van der Waals surface area contributed by atoms with Crippen LogP contribution in [0.3, 0.4) is 0 Å². The normalized spacial score (nSPS) is 20.5. The molecule has 1 aliphatic rings. The number of aliphatic hydroxyl groups is 1. The van der Waals surface area contributed by atoms with Crippen LogP contribution in [0.5, 0.6) is 0 Å². The topological polar surface area (TPSA) is 148 Å². The third-order valence-corrected chi connectivity index (χ3v) is 8.20. The smallest absolute Gasteiger partial charge is 0.335 e. The van der Waals surface area contributed by atoms with E-state index in [0.29, 0.717) is 29.2 Å². The Hall–Kier alpha value is -1.98. The first-order valence-corrected chi connectivity index (χ1v) is 13.6. The summed E-state index contributed by atoms with van der Waals surface area (Å²) in [5, 5.41) is 17.8. The minimum absolute atomic E-state index is 0.215. The fourth-order valence-corrected chi connectivity index (χ4v) is 5.97. The predicted octanol–water partition coefficient (Wildman–Crippen LogP) is 1.71. The maximum atomic E-state index is 13.3.